The van der Waals surface area contributed by atoms with Crippen molar-refractivity contribution < 1.29 is 4.74 Å². The van der Waals surface area contributed by atoms with Crippen molar-refractivity contribution in [3.63, 3.8) is 0 Å². The van der Waals surface area contributed by atoms with Crippen LogP contribution in [0.5, 0.6) is 0 Å². The fourth-order valence-electron chi connectivity index (χ4n) is 2.40. The van der Waals surface area contributed by atoms with Gasteiger partial charge in [-0.05, 0) is 60.0 Å². The molecule has 0 aromatic rings. The highest BCUT2D eigenvalue weighted by Gasteiger charge is 2.24. The Hall–Kier alpha value is -0.120. The topological polar surface area (TPSA) is 24.5 Å². The van der Waals surface area contributed by atoms with Crippen molar-refractivity contribution in [1.82, 2.24) is 10.2 Å². The van der Waals surface area contributed by atoms with Crippen LogP contribution in [0.3, 0.4) is 0 Å². The molecule has 0 aliphatic carbocycles. The molecular formula is C14H30N2O. The van der Waals surface area contributed by atoms with Gasteiger partial charge in [-0.2, -0.15) is 0 Å². The molecule has 1 aliphatic rings. The van der Waals surface area contributed by atoms with E-state index in [9.17, 15) is 0 Å². The highest BCUT2D eigenvalue weighted by atomic mass is 16.5. The summed E-state index contributed by atoms with van der Waals surface area (Å²) in [5.41, 5.74) is 0.242. The van der Waals surface area contributed by atoms with Crippen LogP contribution < -0.4 is 5.32 Å². The van der Waals surface area contributed by atoms with Crippen LogP contribution in [0.1, 0.15) is 41.0 Å². The summed E-state index contributed by atoms with van der Waals surface area (Å²) < 4.78 is 5.60. The van der Waals surface area contributed by atoms with Gasteiger partial charge >= 0.3 is 0 Å². The molecule has 17 heavy (non-hydrogen) atoms. The maximum atomic E-state index is 5.60. The quantitative estimate of drug-likeness (QED) is 0.772. The molecule has 1 fully saturated rings. The van der Waals surface area contributed by atoms with E-state index in [2.05, 4.69) is 44.8 Å². The van der Waals surface area contributed by atoms with Crippen molar-refractivity contribution >= 4 is 0 Å². The Kier molecular flexibility index (Phi) is 5.90. The minimum atomic E-state index is 0.242. The molecule has 0 spiro atoms. The van der Waals surface area contributed by atoms with E-state index in [-0.39, 0.29) is 5.54 Å². The Morgan fingerprint density at radius 1 is 1.41 bits per heavy atom. The molecule has 1 heterocycles. The van der Waals surface area contributed by atoms with Crippen molar-refractivity contribution in [2.24, 2.45) is 5.92 Å². The predicted molar refractivity (Wildman–Crippen MR) is 73.4 cm³/mol. The van der Waals surface area contributed by atoms with Gasteiger partial charge in [-0.25, -0.2) is 0 Å². The van der Waals surface area contributed by atoms with Crippen LogP contribution in [0.25, 0.3) is 0 Å². The second-order valence-electron chi connectivity index (χ2n) is 6.31. The molecule has 1 N–H and O–H groups in total. The molecule has 0 aromatic carbocycles. The second kappa shape index (κ2) is 6.72. The van der Waals surface area contributed by atoms with E-state index in [4.69, 9.17) is 4.74 Å². The number of likely N-dealkylation sites (tertiary alicyclic amines) is 1. The molecule has 1 saturated heterocycles. The van der Waals surface area contributed by atoms with Crippen LogP contribution in [0, 0.1) is 5.92 Å². The van der Waals surface area contributed by atoms with Gasteiger partial charge in [0.1, 0.15) is 0 Å². The van der Waals surface area contributed by atoms with Gasteiger partial charge in [-0.3, -0.25) is 0 Å². The zero-order valence-electron chi connectivity index (χ0n) is 12.3. The van der Waals surface area contributed by atoms with Gasteiger partial charge in [0.05, 0.1) is 6.10 Å². The summed E-state index contributed by atoms with van der Waals surface area (Å²) in [6.07, 6.45) is 1.69. The monoisotopic (exact) mass is 242 g/mol. The lowest BCUT2D eigenvalue weighted by atomic mass is 10.1. The normalized spacial score (nSPS) is 24.2. The van der Waals surface area contributed by atoms with Crippen LogP contribution in [-0.4, -0.2) is 49.3 Å². The summed E-state index contributed by atoms with van der Waals surface area (Å²) in [4.78, 5) is 2.54. The lowest BCUT2D eigenvalue weighted by molar-refractivity contribution is 0.0506. The number of nitrogens with zero attached hydrogens (tertiary/aromatic N) is 1. The highest BCUT2D eigenvalue weighted by molar-refractivity contribution is 4.81. The highest BCUT2D eigenvalue weighted by Crippen LogP contribution is 2.17. The van der Waals surface area contributed by atoms with Gasteiger partial charge in [0.2, 0.25) is 0 Å². The molecule has 3 nitrogen and oxygen atoms in total. The smallest absolute Gasteiger partial charge is 0.0673 e. The van der Waals surface area contributed by atoms with Crippen LogP contribution in [-0.2, 0) is 4.74 Å². The summed E-state index contributed by atoms with van der Waals surface area (Å²) in [5.74, 6) is 0.808. The number of hydrogen-bond acceptors (Lipinski definition) is 3. The first-order valence-electron chi connectivity index (χ1n) is 6.99. The van der Waals surface area contributed by atoms with Gasteiger partial charge in [0, 0.05) is 25.2 Å². The molecule has 1 aliphatic heterocycles. The molecule has 0 aromatic heterocycles. The Labute approximate surface area is 107 Å². The van der Waals surface area contributed by atoms with Gasteiger partial charge in [0.25, 0.3) is 0 Å². The van der Waals surface area contributed by atoms with Crippen molar-refractivity contribution in [2.75, 3.05) is 32.8 Å². The molecule has 0 saturated carbocycles. The molecule has 0 bridgehead atoms. The summed E-state index contributed by atoms with van der Waals surface area (Å²) in [5, 5.41) is 3.60. The average molecular weight is 242 g/mol. The van der Waals surface area contributed by atoms with E-state index in [1.165, 1.54) is 19.5 Å². The molecule has 102 valence electrons. The molecule has 0 radical (unpaired) electrons. The fourth-order valence-corrected chi connectivity index (χ4v) is 2.40. The first kappa shape index (κ1) is 14.9. The first-order valence-corrected chi connectivity index (χ1v) is 6.99. The molecule has 0 amide bonds. The summed E-state index contributed by atoms with van der Waals surface area (Å²) in [7, 11) is 0. The van der Waals surface area contributed by atoms with Crippen molar-refractivity contribution in [3.8, 4) is 0 Å². The summed E-state index contributed by atoms with van der Waals surface area (Å²) >= 11 is 0. The third-order valence-electron chi connectivity index (χ3n) is 3.26. The minimum Gasteiger partial charge on any atom is -0.377 e. The van der Waals surface area contributed by atoms with E-state index in [0.717, 1.165) is 25.6 Å². The minimum absolute atomic E-state index is 0.242. The van der Waals surface area contributed by atoms with E-state index < -0.39 is 0 Å². The fraction of sp³-hybridized carbons (Fsp3) is 1.00. The Morgan fingerprint density at radius 2 is 2.12 bits per heavy atom. The maximum Gasteiger partial charge on any atom is 0.0673 e. The second-order valence-corrected chi connectivity index (χ2v) is 6.31. The molecule has 2 unspecified atom stereocenters. The van der Waals surface area contributed by atoms with E-state index in [1.807, 2.05) is 0 Å². The van der Waals surface area contributed by atoms with Crippen molar-refractivity contribution in [2.45, 2.75) is 52.7 Å². The van der Waals surface area contributed by atoms with Gasteiger partial charge in [-0.15, -0.1) is 0 Å². The molecular weight excluding hydrogens is 212 g/mol. The Bertz CT molecular complexity index is 213. The number of rotatable bonds is 6. The SMILES string of the molecule is CCOC(C)CN1CCC(CNC(C)(C)C)C1. The predicted octanol–water partition coefficient (Wildman–Crippen LogP) is 2.12. The van der Waals surface area contributed by atoms with E-state index >= 15 is 0 Å². The largest absolute Gasteiger partial charge is 0.377 e. The van der Waals surface area contributed by atoms with E-state index in [0.29, 0.717) is 6.10 Å². The lowest BCUT2D eigenvalue weighted by Gasteiger charge is -2.24. The maximum absolute atomic E-state index is 5.60. The van der Waals surface area contributed by atoms with Crippen LogP contribution in [0.15, 0.2) is 0 Å². The van der Waals surface area contributed by atoms with E-state index in [1.54, 1.807) is 0 Å². The van der Waals surface area contributed by atoms with Gasteiger partial charge in [0.15, 0.2) is 0 Å². The average Bonchev–Trinajstić information content (AvgIpc) is 2.62. The van der Waals surface area contributed by atoms with Gasteiger partial charge < -0.3 is 15.0 Å². The third-order valence-corrected chi connectivity index (χ3v) is 3.26. The van der Waals surface area contributed by atoms with Crippen LogP contribution in [0.4, 0.5) is 0 Å². The summed E-state index contributed by atoms with van der Waals surface area (Å²) in [6.45, 7) is 16.4. The number of ether oxygens (including phenoxy) is 1. The lowest BCUT2D eigenvalue weighted by Crippen LogP contribution is -2.40. The zero-order chi connectivity index (χ0) is 12.9. The summed E-state index contributed by atoms with van der Waals surface area (Å²) in [6, 6.07) is 0. The first-order chi connectivity index (χ1) is 7.90. The van der Waals surface area contributed by atoms with Gasteiger partial charge in [-0.1, -0.05) is 0 Å². The number of hydrogen-bond donors (Lipinski definition) is 1. The Morgan fingerprint density at radius 3 is 2.71 bits per heavy atom. The van der Waals surface area contributed by atoms with Crippen molar-refractivity contribution in [3.05, 3.63) is 0 Å². The standard InChI is InChI=1S/C14H30N2O/c1-6-17-12(2)10-16-8-7-13(11-16)9-15-14(3,4)5/h12-13,15H,6-11H2,1-5H3. The number of nitrogens with one attached hydrogen (secondary N) is 1. The van der Waals surface area contributed by atoms with Crippen molar-refractivity contribution in [1.29, 1.82) is 0 Å². The molecule has 2 atom stereocenters. The third kappa shape index (κ3) is 6.39. The Balaban J connectivity index is 2.18. The zero-order valence-corrected chi connectivity index (χ0v) is 12.3. The van der Waals surface area contributed by atoms with Crippen LogP contribution in [0.2, 0.25) is 0 Å². The molecule has 3 heteroatoms. The van der Waals surface area contributed by atoms with Crippen LogP contribution >= 0.6 is 0 Å². The molecule has 1 rings (SSSR count).